The Balaban J connectivity index is 2.54. The SMILES string of the molecule is CC(C)CN1CC(C)(CCN)OC1=O. The number of ether oxygens (including phenoxy) is 1. The van der Waals surface area contributed by atoms with Crippen molar-refractivity contribution in [1.82, 2.24) is 4.90 Å². The zero-order valence-corrected chi connectivity index (χ0v) is 9.25. The highest BCUT2D eigenvalue weighted by atomic mass is 16.6. The van der Waals surface area contributed by atoms with Crippen molar-refractivity contribution < 1.29 is 9.53 Å². The molecule has 82 valence electrons. The van der Waals surface area contributed by atoms with Crippen LogP contribution in [0.3, 0.4) is 0 Å². The number of nitrogens with zero attached hydrogens (tertiary/aromatic N) is 1. The fourth-order valence-corrected chi connectivity index (χ4v) is 1.79. The lowest BCUT2D eigenvalue weighted by Crippen LogP contribution is -2.34. The van der Waals surface area contributed by atoms with Crippen LogP contribution in [-0.2, 0) is 4.74 Å². The van der Waals surface area contributed by atoms with Crippen LogP contribution in [0, 0.1) is 5.92 Å². The third-order valence-electron chi connectivity index (χ3n) is 2.38. The molecule has 4 nitrogen and oxygen atoms in total. The van der Waals surface area contributed by atoms with Crippen molar-refractivity contribution in [3.63, 3.8) is 0 Å². The summed E-state index contributed by atoms with van der Waals surface area (Å²) in [4.78, 5) is 13.2. The molecule has 2 N–H and O–H groups in total. The third-order valence-corrected chi connectivity index (χ3v) is 2.38. The largest absolute Gasteiger partial charge is 0.441 e. The molecule has 1 atom stereocenters. The van der Waals surface area contributed by atoms with E-state index in [-0.39, 0.29) is 11.7 Å². The number of carbonyl (C=O) groups is 1. The molecule has 1 fully saturated rings. The van der Waals surface area contributed by atoms with Gasteiger partial charge in [-0.2, -0.15) is 0 Å². The van der Waals surface area contributed by atoms with Gasteiger partial charge in [0.25, 0.3) is 0 Å². The summed E-state index contributed by atoms with van der Waals surface area (Å²) in [5.74, 6) is 0.475. The van der Waals surface area contributed by atoms with E-state index in [1.807, 2.05) is 6.92 Å². The molecule has 0 spiro atoms. The lowest BCUT2D eigenvalue weighted by molar-refractivity contribution is 0.0668. The van der Waals surface area contributed by atoms with Gasteiger partial charge < -0.3 is 15.4 Å². The summed E-state index contributed by atoms with van der Waals surface area (Å²) in [6, 6.07) is 0. The first kappa shape index (κ1) is 11.3. The van der Waals surface area contributed by atoms with Gasteiger partial charge in [-0.15, -0.1) is 0 Å². The van der Waals surface area contributed by atoms with Crippen LogP contribution in [0.1, 0.15) is 27.2 Å². The average Bonchev–Trinajstić information content (AvgIpc) is 2.26. The second-order valence-electron chi connectivity index (χ2n) is 4.63. The Bertz CT molecular complexity index is 218. The lowest BCUT2D eigenvalue weighted by Gasteiger charge is -2.21. The highest BCUT2D eigenvalue weighted by Gasteiger charge is 2.40. The molecule has 4 heteroatoms. The molecule has 0 saturated carbocycles. The third kappa shape index (κ3) is 2.61. The topological polar surface area (TPSA) is 55.6 Å². The van der Waals surface area contributed by atoms with E-state index in [1.165, 1.54) is 0 Å². The molecule has 1 heterocycles. The summed E-state index contributed by atoms with van der Waals surface area (Å²) in [5, 5.41) is 0. The lowest BCUT2D eigenvalue weighted by atomic mass is 10.0. The van der Waals surface area contributed by atoms with Gasteiger partial charge in [0, 0.05) is 13.0 Å². The molecule has 0 aromatic carbocycles. The van der Waals surface area contributed by atoms with Gasteiger partial charge in [-0.1, -0.05) is 13.8 Å². The van der Waals surface area contributed by atoms with Crippen molar-refractivity contribution in [3.05, 3.63) is 0 Å². The normalized spacial score (nSPS) is 27.2. The monoisotopic (exact) mass is 200 g/mol. The Kier molecular flexibility index (Phi) is 3.37. The van der Waals surface area contributed by atoms with Gasteiger partial charge in [0.05, 0.1) is 6.54 Å². The van der Waals surface area contributed by atoms with Gasteiger partial charge in [-0.05, 0) is 19.4 Å². The molecule has 0 aromatic rings. The number of carbonyl (C=O) groups excluding carboxylic acids is 1. The Morgan fingerprint density at radius 3 is 2.79 bits per heavy atom. The van der Waals surface area contributed by atoms with Gasteiger partial charge in [0.1, 0.15) is 5.60 Å². The van der Waals surface area contributed by atoms with Crippen LogP contribution in [0.4, 0.5) is 4.79 Å². The van der Waals surface area contributed by atoms with Crippen molar-refractivity contribution >= 4 is 6.09 Å². The minimum atomic E-state index is -0.374. The van der Waals surface area contributed by atoms with Crippen LogP contribution in [0.15, 0.2) is 0 Å². The fourth-order valence-electron chi connectivity index (χ4n) is 1.79. The van der Waals surface area contributed by atoms with Crippen LogP contribution in [0.5, 0.6) is 0 Å². The quantitative estimate of drug-likeness (QED) is 0.742. The van der Waals surface area contributed by atoms with E-state index in [2.05, 4.69) is 13.8 Å². The zero-order chi connectivity index (χ0) is 10.8. The van der Waals surface area contributed by atoms with Crippen molar-refractivity contribution in [2.45, 2.75) is 32.8 Å². The highest BCUT2D eigenvalue weighted by Crippen LogP contribution is 2.25. The van der Waals surface area contributed by atoms with E-state index in [0.29, 0.717) is 19.0 Å². The summed E-state index contributed by atoms with van der Waals surface area (Å²) in [7, 11) is 0. The molecule has 1 saturated heterocycles. The Hall–Kier alpha value is -0.770. The Labute approximate surface area is 85.4 Å². The maximum Gasteiger partial charge on any atom is 0.410 e. The molecule has 1 rings (SSSR count). The second kappa shape index (κ2) is 4.17. The first-order valence-electron chi connectivity index (χ1n) is 5.15. The zero-order valence-electron chi connectivity index (χ0n) is 9.25. The molecule has 0 radical (unpaired) electrons. The number of rotatable bonds is 4. The van der Waals surface area contributed by atoms with Gasteiger partial charge in [-0.25, -0.2) is 4.79 Å². The molecular formula is C10H20N2O2. The summed E-state index contributed by atoms with van der Waals surface area (Å²) < 4.78 is 5.31. The summed E-state index contributed by atoms with van der Waals surface area (Å²) in [5.41, 5.74) is 5.10. The predicted octanol–water partition coefficient (Wildman–Crippen LogP) is 1.20. The van der Waals surface area contributed by atoms with Crippen LogP contribution in [-0.4, -0.2) is 36.2 Å². The molecule has 0 aromatic heterocycles. The molecule has 1 unspecified atom stereocenters. The molecule has 0 aliphatic carbocycles. The standard InChI is InChI=1S/C10H20N2O2/c1-8(2)6-12-7-10(3,4-5-11)14-9(12)13/h8H,4-7,11H2,1-3H3. The van der Waals surface area contributed by atoms with Crippen molar-refractivity contribution in [2.24, 2.45) is 11.7 Å². The van der Waals surface area contributed by atoms with Gasteiger partial charge in [0.2, 0.25) is 0 Å². The van der Waals surface area contributed by atoms with Crippen molar-refractivity contribution in [2.75, 3.05) is 19.6 Å². The fraction of sp³-hybridized carbons (Fsp3) is 0.900. The second-order valence-corrected chi connectivity index (χ2v) is 4.63. The molecule has 1 aliphatic rings. The van der Waals surface area contributed by atoms with E-state index in [9.17, 15) is 4.79 Å². The number of nitrogens with two attached hydrogens (primary N) is 1. The molecule has 14 heavy (non-hydrogen) atoms. The highest BCUT2D eigenvalue weighted by molar-refractivity contribution is 5.70. The van der Waals surface area contributed by atoms with Gasteiger partial charge in [0.15, 0.2) is 0 Å². The van der Waals surface area contributed by atoms with Crippen LogP contribution >= 0.6 is 0 Å². The maximum absolute atomic E-state index is 11.5. The van der Waals surface area contributed by atoms with Crippen LogP contribution in [0.2, 0.25) is 0 Å². The first-order chi connectivity index (χ1) is 6.47. The van der Waals surface area contributed by atoms with E-state index in [0.717, 1.165) is 13.0 Å². The first-order valence-corrected chi connectivity index (χ1v) is 5.15. The number of hydrogen-bond donors (Lipinski definition) is 1. The summed E-state index contributed by atoms with van der Waals surface area (Å²) in [6.07, 6.45) is 0.530. The predicted molar refractivity (Wildman–Crippen MR) is 55.0 cm³/mol. The van der Waals surface area contributed by atoms with Crippen molar-refractivity contribution in [3.8, 4) is 0 Å². The van der Waals surface area contributed by atoms with E-state index in [4.69, 9.17) is 10.5 Å². The Morgan fingerprint density at radius 1 is 1.64 bits per heavy atom. The summed E-state index contributed by atoms with van der Waals surface area (Å²) >= 11 is 0. The molecule has 1 amide bonds. The van der Waals surface area contributed by atoms with Gasteiger partial charge in [-0.3, -0.25) is 0 Å². The number of amides is 1. The molecule has 1 aliphatic heterocycles. The number of cyclic esters (lactones) is 1. The minimum absolute atomic E-state index is 0.199. The average molecular weight is 200 g/mol. The minimum Gasteiger partial charge on any atom is -0.441 e. The number of hydrogen-bond acceptors (Lipinski definition) is 3. The van der Waals surface area contributed by atoms with E-state index in [1.54, 1.807) is 4.90 Å². The van der Waals surface area contributed by atoms with Crippen molar-refractivity contribution in [1.29, 1.82) is 0 Å². The van der Waals surface area contributed by atoms with Crippen LogP contribution < -0.4 is 5.73 Å². The Morgan fingerprint density at radius 2 is 2.29 bits per heavy atom. The molecular weight excluding hydrogens is 180 g/mol. The molecule has 0 bridgehead atoms. The van der Waals surface area contributed by atoms with Gasteiger partial charge >= 0.3 is 6.09 Å². The summed E-state index contributed by atoms with van der Waals surface area (Å²) in [6.45, 7) is 8.11. The smallest absolute Gasteiger partial charge is 0.410 e. The van der Waals surface area contributed by atoms with Crippen LogP contribution in [0.25, 0.3) is 0 Å². The maximum atomic E-state index is 11.5. The van der Waals surface area contributed by atoms with E-state index >= 15 is 0 Å². The van der Waals surface area contributed by atoms with E-state index < -0.39 is 0 Å².